The fraction of sp³-hybridized carbons (Fsp3) is 0.318. The van der Waals surface area contributed by atoms with Crippen LogP contribution in [0.4, 0.5) is 4.39 Å². The van der Waals surface area contributed by atoms with Gasteiger partial charge >= 0.3 is 0 Å². The Kier molecular flexibility index (Phi) is 7.12. The minimum atomic E-state index is -0.510. The second-order valence-electron chi connectivity index (χ2n) is 7.01. The summed E-state index contributed by atoms with van der Waals surface area (Å²) >= 11 is 5.98. The Morgan fingerprint density at radius 2 is 1.68 bits per heavy atom. The summed E-state index contributed by atoms with van der Waals surface area (Å²) < 4.78 is 24.0. The number of nitrogens with zero attached hydrogens (tertiary/aromatic N) is 2. The van der Waals surface area contributed by atoms with Crippen LogP contribution < -0.4 is 9.47 Å². The molecular formula is C22H22ClFN2O5. The Hall–Kier alpha value is -3.13. The van der Waals surface area contributed by atoms with Crippen LogP contribution in [-0.2, 0) is 4.79 Å². The molecule has 0 N–H and O–H groups in total. The van der Waals surface area contributed by atoms with Gasteiger partial charge in [0.25, 0.3) is 11.8 Å². The van der Waals surface area contributed by atoms with E-state index in [4.69, 9.17) is 21.1 Å². The van der Waals surface area contributed by atoms with Gasteiger partial charge in [0.05, 0.1) is 17.7 Å². The van der Waals surface area contributed by atoms with Crippen molar-refractivity contribution in [3.8, 4) is 11.5 Å². The third-order valence-corrected chi connectivity index (χ3v) is 5.32. The predicted octanol–water partition coefficient (Wildman–Crippen LogP) is 3.05. The van der Waals surface area contributed by atoms with Crippen LogP contribution in [0.3, 0.4) is 0 Å². The molecule has 1 fully saturated rings. The number of piperazine rings is 1. The molecule has 1 saturated heterocycles. The lowest BCUT2D eigenvalue weighted by Gasteiger charge is -2.34. The first-order chi connectivity index (χ1) is 14.8. The minimum absolute atomic E-state index is 0.0571. The topological polar surface area (TPSA) is 76.2 Å². The summed E-state index contributed by atoms with van der Waals surface area (Å²) in [6, 6.07) is 8.40. The first kappa shape index (κ1) is 22.6. The zero-order valence-corrected chi connectivity index (χ0v) is 17.9. The van der Waals surface area contributed by atoms with Crippen molar-refractivity contribution in [2.24, 2.45) is 0 Å². The van der Waals surface area contributed by atoms with Gasteiger partial charge in [-0.2, -0.15) is 0 Å². The van der Waals surface area contributed by atoms with E-state index in [1.165, 1.54) is 26.2 Å². The molecule has 0 unspecified atom stereocenters. The number of ketones is 1. The SMILES string of the molecule is COc1cc(C(C)=O)ccc1OCC(=O)N1CCN(C(=O)c2ccc(F)cc2Cl)CC1. The van der Waals surface area contributed by atoms with Crippen molar-refractivity contribution in [3.63, 3.8) is 0 Å². The molecule has 0 spiro atoms. The second-order valence-corrected chi connectivity index (χ2v) is 7.41. The number of hydrogen-bond acceptors (Lipinski definition) is 5. The monoisotopic (exact) mass is 448 g/mol. The zero-order chi connectivity index (χ0) is 22.5. The number of carbonyl (C=O) groups is 3. The molecule has 2 aromatic rings. The van der Waals surface area contributed by atoms with Crippen molar-refractivity contribution in [1.29, 1.82) is 0 Å². The smallest absolute Gasteiger partial charge is 0.260 e. The van der Waals surface area contributed by atoms with Crippen molar-refractivity contribution < 1.29 is 28.2 Å². The van der Waals surface area contributed by atoms with Gasteiger partial charge in [-0.1, -0.05) is 11.6 Å². The summed E-state index contributed by atoms with van der Waals surface area (Å²) in [5, 5.41) is 0.0571. The molecule has 7 nitrogen and oxygen atoms in total. The van der Waals surface area contributed by atoms with Crippen LogP contribution in [0.1, 0.15) is 27.6 Å². The maximum Gasteiger partial charge on any atom is 0.260 e. The molecule has 1 aliphatic rings. The molecule has 1 aliphatic heterocycles. The highest BCUT2D eigenvalue weighted by atomic mass is 35.5. The van der Waals surface area contributed by atoms with E-state index in [1.807, 2.05) is 0 Å². The number of methoxy groups -OCH3 is 1. The van der Waals surface area contributed by atoms with Crippen molar-refractivity contribution in [3.05, 3.63) is 58.4 Å². The Balaban J connectivity index is 1.55. The molecule has 164 valence electrons. The fourth-order valence-electron chi connectivity index (χ4n) is 3.23. The lowest BCUT2D eigenvalue weighted by Crippen LogP contribution is -2.51. The van der Waals surface area contributed by atoms with E-state index in [-0.39, 0.29) is 34.8 Å². The molecule has 31 heavy (non-hydrogen) atoms. The number of hydrogen-bond donors (Lipinski definition) is 0. The number of rotatable bonds is 6. The molecular weight excluding hydrogens is 427 g/mol. The molecule has 2 aromatic carbocycles. The number of amides is 2. The van der Waals surface area contributed by atoms with Gasteiger partial charge < -0.3 is 19.3 Å². The fourth-order valence-corrected chi connectivity index (χ4v) is 3.48. The van der Waals surface area contributed by atoms with Gasteiger partial charge in [0.2, 0.25) is 0 Å². The molecule has 0 atom stereocenters. The summed E-state index contributed by atoms with van der Waals surface area (Å²) in [6.07, 6.45) is 0. The Morgan fingerprint density at radius 1 is 1.00 bits per heavy atom. The Morgan fingerprint density at radius 3 is 2.29 bits per heavy atom. The number of ether oxygens (including phenoxy) is 2. The van der Waals surface area contributed by atoms with Crippen molar-refractivity contribution in [2.75, 3.05) is 39.9 Å². The largest absolute Gasteiger partial charge is 0.493 e. The summed E-state index contributed by atoms with van der Waals surface area (Å²) in [5.41, 5.74) is 0.713. The van der Waals surface area contributed by atoms with Gasteiger partial charge in [0.1, 0.15) is 5.82 Å². The molecule has 0 radical (unpaired) electrons. The molecule has 0 aromatic heterocycles. The van der Waals surface area contributed by atoms with E-state index < -0.39 is 5.82 Å². The van der Waals surface area contributed by atoms with Crippen LogP contribution in [0.25, 0.3) is 0 Å². The quantitative estimate of drug-likeness (QED) is 0.635. The summed E-state index contributed by atoms with van der Waals surface area (Å²) in [6.45, 7) is 2.59. The summed E-state index contributed by atoms with van der Waals surface area (Å²) in [7, 11) is 1.46. The maximum absolute atomic E-state index is 13.2. The summed E-state index contributed by atoms with van der Waals surface area (Å²) in [5.74, 6) is -0.416. The van der Waals surface area contributed by atoms with E-state index in [0.717, 1.165) is 6.07 Å². The van der Waals surface area contributed by atoms with E-state index in [0.29, 0.717) is 43.2 Å². The standard InChI is InChI=1S/C22H22ClFN2O5/c1-14(27)15-3-6-19(20(11-15)30-2)31-13-21(28)25-7-9-26(10-8-25)22(29)17-5-4-16(24)12-18(17)23/h3-6,11-12H,7-10,13H2,1-2H3. The predicted molar refractivity (Wildman–Crippen MR) is 112 cm³/mol. The van der Waals surface area contributed by atoms with E-state index in [9.17, 15) is 18.8 Å². The van der Waals surface area contributed by atoms with Gasteiger partial charge in [-0.15, -0.1) is 0 Å². The Labute approximate surface area is 184 Å². The average molecular weight is 449 g/mol. The molecule has 1 heterocycles. The molecule has 0 aliphatic carbocycles. The number of carbonyl (C=O) groups excluding carboxylic acids is 3. The van der Waals surface area contributed by atoms with Crippen LogP contribution in [0.15, 0.2) is 36.4 Å². The normalized spacial score (nSPS) is 13.7. The lowest BCUT2D eigenvalue weighted by atomic mass is 10.1. The highest BCUT2D eigenvalue weighted by Gasteiger charge is 2.26. The molecule has 9 heteroatoms. The first-order valence-electron chi connectivity index (χ1n) is 9.64. The van der Waals surface area contributed by atoms with Crippen LogP contribution in [0, 0.1) is 5.82 Å². The minimum Gasteiger partial charge on any atom is -0.493 e. The molecule has 0 saturated carbocycles. The molecule has 3 rings (SSSR count). The third kappa shape index (κ3) is 5.32. The van der Waals surface area contributed by atoms with Crippen LogP contribution in [0.2, 0.25) is 5.02 Å². The summed E-state index contributed by atoms with van der Waals surface area (Å²) in [4.78, 5) is 39.8. The van der Waals surface area contributed by atoms with Gasteiger partial charge in [0.15, 0.2) is 23.9 Å². The van der Waals surface area contributed by atoms with Gasteiger partial charge in [-0.3, -0.25) is 14.4 Å². The van der Waals surface area contributed by atoms with Crippen LogP contribution >= 0.6 is 11.6 Å². The lowest BCUT2D eigenvalue weighted by molar-refractivity contribution is -0.134. The molecule has 0 bridgehead atoms. The van der Waals surface area contributed by atoms with Crippen molar-refractivity contribution in [2.45, 2.75) is 6.92 Å². The maximum atomic E-state index is 13.2. The highest BCUT2D eigenvalue weighted by molar-refractivity contribution is 6.33. The van der Waals surface area contributed by atoms with E-state index in [1.54, 1.807) is 28.0 Å². The number of benzene rings is 2. The van der Waals surface area contributed by atoms with Gasteiger partial charge in [-0.05, 0) is 43.3 Å². The highest BCUT2D eigenvalue weighted by Crippen LogP contribution is 2.28. The van der Waals surface area contributed by atoms with Crippen LogP contribution in [0.5, 0.6) is 11.5 Å². The number of Topliss-reactive ketones (excluding diaryl/α,β-unsaturated/α-hetero) is 1. The van der Waals surface area contributed by atoms with Crippen molar-refractivity contribution >= 4 is 29.2 Å². The van der Waals surface area contributed by atoms with E-state index >= 15 is 0 Å². The van der Waals surface area contributed by atoms with Crippen molar-refractivity contribution in [1.82, 2.24) is 9.80 Å². The van der Waals surface area contributed by atoms with Gasteiger partial charge in [0, 0.05) is 31.7 Å². The Bertz CT molecular complexity index is 1010. The third-order valence-electron chi connectivity index (χ3n) is 5.00. The molecule has 2 amide bonds. The van der Waals surface area contributed by atoms with Crippen LogP contribution in [-0.4, -0.2) is 67.3 Å². The first-order valence-corrected chi connectivity index (χ1v) is 10.0. The zero-order valence-electron chi connectivity index (χ0n) is 17.2. The average Bonchev–Trinajstić information content (AvgIpc) is 2.77. The second kappa shape index (κ2) is 9.78. The van der Waals surface area contributed by atoms with E-state index in [2.05, 4.69) is 0 Å². The van der Waals surface area contributed by atoms with Gasteiger partial charge in [-0.25, -0.2) is 4.39 Å². The number of halogens is 2.